The molecule has 2 N–H and O–H groups in total. The number of aliphatic hydroxyl groups excluding tert-OH is 1. The highest BCUT2D eigenvalue weighted by molar-refractivity contribution is 6.42. The monoisotopic (exact) mass is 574 g/mol. The number of aliphatic hydroxyl groups is 1. The Morgan fingerprint density at radius 2 is 1.89 bits per heavy atom. The number of fused-ring (bicyclic) bond motifs is 3. The van der Waals surface area contributed by atoms with E-state index in [1.54, 1.807) is 12.1 Å². The predicted molar refractivity (Wildman–Crippen MR) is 130 cm³/mol. The van der Waals surface area contributed by atoms with Gasteiger partial charge in [0.05, 0.1) is 27.9 Å². The Morgan fingerprint density at radius 1 is 1.16 bits per heavy atom. The standard InChI is InChI=1S/C24H20Cl2F4N4O4/c25-14-1-2-15(20(27)19(14)26)33-22-13-6-18(17(37-4-3-35)7-16(13)31-10-32-22)38-21-11-5-12(21)9-34(8-11)23(36)24(28,29)30/h1-2,6-7,10-12,21,35H,3-5,8-9H2,(H,31,32,33)/t11-,12+,21?. The summed E-state index contributed by atoms with van der Waals surface area (Å²) in [4.78, 5) is 20.9. The average molecular weight is 575 g/mol. The molecule has 1 aromatic heterocycles. The van der Waals surface area contributed by atoms with Crippen molar-refractivity contribution in [3.8, 4) is 11.5 Å². The van der Waals surface area contributed by atoms with Crippen LogP contribution in [0.25, 0.3) is 10.9 Å². The number of halogens is 6. The van der Waals surface area contributed by atoms with Crippen molar-refractivity contribution in [1.82, 2.24) is 14.9 Å². The van der Waals surface area contributed by atoms with Crippen LogP contribution in [0.4, 0.5) is 29.1 Å². The first kappa shape index (κ1) is 26.5. The molecule has 1 unspecified atom stereocenters. The minimum Gasteiger partial charge on any atom is -0.487 e. The number of hydrogen-bond acceptors (Lipinski definition) is 7. The van der Waals surface area contributed by atoms with Gasteiger partial charge < -0.3 is 24.8 Å². The van der Waals surface area contributed by atoms with E-state index in [0.29, 0.717) is 17.3 Å². The van der Waals surface area contributed by atoms with E-state index in [9.17, 15) is 27.5 Å². The summed E-state index contributed by atoms with van der Waals surface area (Å²) < 4.78 is 65.2. The maximum absolute atomic E-state index is 14.7. The number of rotatable bonds is 7. The summed E-state index contributed by atoms with van der Waals surface area (Å²) >= 11 is 11.8. The quantitative estimate of drug-likeness (QED) is 0.303. The first-order valence-electron chi connectivity index (χ1n) is 11.5. The highest BCUT2D eigenvalue weighted by atomic mass is 35.5. The second-order valence-electron chi connectivity index (χ2n) is 9.00. The summed E-state index contributed by atoms with van der Waals surface area (Å²) in [6, 6.07) is 5.96. The van der Waals surface area contributed by atoms with E-state index in [0.717, 1.165) is 4.90 Å². The van der Waals surface area contributed by atoms with Crippen LogP contribution in [0.3, 0.4) is 0 Å². The van der Waals surface area contributed by atoms with Crippen LogP contribution in [0.2, 0.25) is 10.0 Å². The van der Waals surface area contributed by atoms with Crippen molar-refractivity contribution in [3.63, 3.8) is 0 Å². The van der Waals surface area contributed by atoms with E-state index in [1.165, 1.54) is 18.5 Å². The van der Waals surface area contributed by atoms with Gasteiger partial charge in [-0.3, -0.25) is 4.79 Å². The molecule has 2 bridgehead atoms. The third-order valence-corrected chi connectivity index (χ3v) is 7.36. The molecule has 2 aromatic carbocycles. The predicted octanol–water partition coefficient (Wildman–Crippen LogP) is 4.98. The number of carbonyl (C=O) groups is 1. The maximum atomic E-state index is 14.7. The third kappa shape index (κ3) is 4.99. The summed E-state index contributed by atoms with van der Waals surface area (Å²) in [5, 5.41) is 12.3. The normalized spacial score (nSPS) is 20.7. The van der Waals surface area contributed by atoms with Gasteiger partial charge in [-0.25, -0.2) is 14.4 Å². The fraction of sp³-hybridized carbons (Fsp3) is 0.375. The zero-order chi connectivity index (χ0) is 27.2. The minimum absolute atomic E-state index is 0.0189. The summed E-state index contributed by atoms with van der Waals surface area (Å²) in [6.07, 6.45) is -3.49. The number of aromatic nitrogens is 2. The summed E-state index contributed by atoms with van der Waals surface area (Å²) in [7, 11) is 0. The zero-order valence-corrected chi connectivity index (χ0v) is 20.9. The maximum Gasteiger partial charge on any atom is 0.471 e. The molecular formula is C24H20Cl2F4N4O4. The Kier molecular flexibility index (Phi) is 7.14. The molecule has 3 heterocycles. The molecule has 3 aromatic rings. The van der Waals surface area contributed by atoms with Crippen molar-refractivity contribution >= 4 is 51.5 Å². The van der Waals surface area contributed by atoms with Crippen molar-refractivity contribution in [2.75, 3.05) is 31.6 Å². The van der Waals surface area contributed by atoms with E-state index >= 15 is 0 Å². The second-order valence-corrected chi connectivity index (χ2v) is 9.79. The number of carbonyl (C=O) groups excluding carboxylic acids is 1. The van der Waals surface area contributed by atoms with Crippen LogP contribution in [0.5, 0.6) is 11.5 Å². The fourth-order valence-electron chi connectivity index (χ4n) is 4.80. The number of alkyl halides is 3. The molecule has 14 heteroatoms. The van der Waals surface area contributed by atoms with Gasteiger partial charge in [0.1, 0.15) is 24.9 Å². The van der Waals surface area contributed by atoms with Crippen molar-refractivity contribution in [1.29, 1.82) is 0 Å². The summed E-state index contributed by atoms with van der Waals surface area (Å²) in [6.45, 7) is -0.468. The Morgan fingerprint density at radius 3 is 2.58 bits per heavy atom. The number of benzene rings is 2. The molecule has 2 aliphatic heterocycles. The Bertz CT molecular complexity index is 1380. The van der Waals surface area contributed by atoms with Gasteiger partial charge in [-0.2, -0.15) is 13.2 Å². The number of nitrogens with one attached hydrogen (secondary N) is 1. The number of hydrogen-bond donors (Lipinski definition) is 2. The summed E-state index contributed by atoms with van der Waals surface area (Å²) in [5.74, 6) is -2.50. The number of ether oxygens (including phenoxy) is 2. The van der Waals surface area contributed by atoms with Gasteiger partial charge >= 0.3 is 12.1 Å². The third-order valence-electron chi connectivity index (χ3n) is 6.58. The molecule has 1 aliphatic carbocycles. The molecule has 3 atom stereocenters. The zero-order valence-electron chi connectivity index (χ0n) is 19.4. The van der Waals surface area contributed by atoms with E-state index in [2.05, 4.69) is 15.3 Å². The molecular weight excluding hydrogens is 555 g/mol. The SMILES string of the molecule is O=C(N1C[C@H]2C[C@@H](C1)C2Oc1cc2c(Nc3ccc(Cl)c(Cl)c3F)ncnc2cc1OCCO)C(F)(F)F. The minimum atomic E-state index is -4.93. The molecule has 0 radical (unpaired) electrons. The lowest BCUT2D eigenvalue weighted by molar-refractivity contribution is -0.196. The van der Waals surface area contributed by atoms with Crippen LogP contribution in [0.15, 0.2) is 30.6 Å². The molecule has 0 spiro atoms. The largest absolute Gasteiger partial charge is 0.487 e. The first-order valence-corrected chi connectivity index (χ1v) is 12.3. The van der Waals surface area contributed by atoms with Crippen LogP contribution in [0.1, 0.15) is 6.42 Å². The van der Waals surface area contributed by atoms with Gasteiger partial charge in [0.25, 0.3) is 0 Å². The number of piperidine rings is 2. The summed E-state index contributed by atoms with van der Waals surface area (Å²) in [5.41, 5.74) is 0.435. The van der Waals surface area contributed by atoms with Crippen molar-refractivity contribution in [2.24, 2.45) is 11.8 Å². The Balaban J connectivity index is 1.44. The molecule has 38 heavy (non-hydrogen) atoms. The van der Waals surface area contributed by atoms with Gasteiger partial charge in [-0.05, 0) is 24.6 Å². The second kappa shape index (κ2) is 10.2. The topological polar surface area (TPSA) is 96.8 Å². The number of nitrogens with zero attached hydrogens (tertiary/aromatic N) is 3. The number of anilines is 2. The van der Waals surface area contributed by atoms with Gasteiger partial charge in [-0.1, -0.05) is 23.2 Å². The molecule has 2 saturated heterocycles. The molecule has 1 saturated carbocycles. The Hall–Kier alpha value is -3.09. The highest BCUT2D eigenvalue weighted by Gasteiger charge is 2.53. The lowest BCUT2D eigenvalue weighted by atomic mass is 9.68. The van der Waals surface area contributed by atoms with Crippen LogP contribution in [-0.2, 0) is 4.79 Å². The first-order chi connectivity index (χ1) is 18.1. The van der Waals surface area contributed by atoms with E-state index in [4.69, 9.17) is 32.7 Å². The van der Waals surface area contributed by atoms with Gasteiger partial charge in [0.15, 0.2) is 17.3 Å². The van der Waals surface area contributed by atoms with E-state index in [-0.39, 0.29) is 71.2 Å². The van der Waals surface area contributed by atoms with Crippen molar-refractivity contribution < 1.29 is 36.9 Å². The fourth-order valence-corrected chi connectivity index (χ4v) is 5.11. The highest BCUT2D eigenvalue weighted by Crippen LogP contribution is 2.46. The van der Waals surface area contributed by atoms with Crippen LogP contribution in [-0.4, -0.2) is 64.5 Å². The van der Waals surface area contributed by atoms with Crippen molar-refractivity contribution in [2.45, 2.75) is 18.7 Å². The van der Waals surface area contributed by atoms with E-state index in [1.807, 2.05) is 0 Å². The van der Waals surface area contributed by atoms with Crippen LogP contribution < -0.4 is 14.8 Å². The van der Waals surface area contributed by atoms with Crippen LogP contribution >= 0.6 is 23.2 Å². The molecule has 3 fully saturated rings. The average Bonchev–Trinajstić information content (AvgIpc) is 2.89. The molecule has 8 nitrogen and oxygen atoms in total. The molecule has 3 aliphatic rings. The lowest BCUT2D eigenvalue weighted by Crippen LogP contribution is -2.63. The van der Waals surface area contributed by atoms with E-state index < -0.39 is 24.0 Å². The van der Waals surface area contributed by atoms with Crippen LogP contribution in [0, 0.1) is 17.7 Å². The van der Waals surface area contributed by atoms with Gasteiger partial charge in [0, 0.05) is 36.4 Å². The van der Waals surface area contributed by atoms with Crippen molar-refractivity contribution in [3.05, 3.63) is 46.5 Å². The van der Waals surface area contributed by atoms with Gasteiger partial charge in [0.2, 0.25) is 0 Å². The smallest absolute Gasteiger partial charge is 0.471 e. The number of amides is 1. The Labute approximate surface area is 223 Å². The molecule has 1 amide bonds. The molecule has 202 valence electrons. The van der Waals surface area contributed by atoms with Gasteiger partial charge in [-0.15, -0.1) is 0 Å². The lowest BCUT2D eigenvalue weighted by Gasteiger charge is -2.52. The molecule has 6 rings (SSSR count).